The van der Waals surface area contributed by atoms with E-state index in [-0.39, 0.29) is 0 Å². The van der Waals surface area contributed by atoms with Crippen LogP contribution in [0.3, 0.4) is 0 Å². The zero-order chi connectivity index (χ0) is 13.3. The Morgan fingerprint density at radius 2 is 1.11 bits per heavy atom. The Bertz CT molecular complexity index is 214. The highest BCUT2D eigenvalue weighted by molar-refractivity contribution is 4.82. The van der Waals surface area contributed by atoms with Gasteiger partial charge in [-0.2, -0.15) is 0 Å². The van der Waals surface area contributed by atoms with Crippen molar-refractivity contribution >= 4 is 0 Å². The molecule has 0 saturated heterocycles. The van der Waals surface area contributed by atoms with Crippen molar-refractivity contribution in [2.24, 2.45) is 5.92 Å². The smallest absolute Gasteiger partial charge is 0.00722 e. The molecule has 1 nitrogen and oxygen atoms in total. The summed E-state index contributed by atoms with van der Waals surface area (Å²) in [5.41, 5.74) is 0. The van der Waals surface area contributed by atoms with E-state index in [0.29, 0.717) is 0 Å². The second-order valence-corrected chi connectivity index (χ2v) is 7.24. The number of hydrogen-bond donors (Lipinski definition) is 1. The average molecular weight is 265 g/mol. The van der Waals surface area contributed by atoms with Gasteiger partial charge in [0.05, 0.1) is 0 Å². The quantitative estimate of drug-likeness (QED) is 0.701. The summed E-state index contributed by atoms with van der Waals surface area (Å²) in [7, 11) is 0. The van der Waals surface area contributed by atoms with E-state index in [1.165, 1.54) is 89.9 Å². The van der Waals surface area contributed by atoms with Crippen LogP contribution >= 0.6 is 0 Å². The zero-order valence-electron chi connectivity index (χ0n) is 13.1. The second-order valence-electron chi connectivity index (χ2n) is 7.24. The molecule has 1 N–H and O–H groups in total. The van der Waals surface area contributed by atoms with Crippen molar-refractivity contribution < 1.29 is 0 Å². The van der Waals surface area contributed by atoms with Crippen molar-refractivity contribution in [3.05, 3.63) is 0 Å². The number of rotatable bonds is 2. The summed E-state index contributed by atoms with van der Waals surface area (Å²) in [4.78, 5) is 0. The maximum Gasteiger partial charge on any atom is 0.00722 e. The molecular weight excluding hydrogens is 230 g/mol. The van der Waals surface area contributed by atoms with Gasteiger partial charge >= 0.3 is 0 Å². The lowest BCUT2D eigenvalue weighted by molar-refractivity contribution is 0.359. The summed E-state index contributed by atoms with van der Waals surface area (Å²) in [5.74, 6) is 0.962. The predicted molar refractivity (Wildman–Crippen MR) is 84.5 cm³/mol. The van der Waals surface area contributed by atoms with E-state index in [0.717, 1.165) is 18.0 Å². The Kier molecular flexibility index (Phi) is 7.27. The standard InChI is InChI=1S/C18H35N/c1-16-13-14-18(15-16)19-17-11-9-7-5-3-2-4-6-8-10-12-17/h16-19H,2-15H2,1H3. The molecule has 0 aliphatic heterocycles. The Morgan fingerprint density at radius 3 is 1.58 bits per heavy atom. The molecule has 1 heteroatoms. The largest absolute Gasteiger partial charge is 0.311 e. The van der Waals surface area contributed by atoms with Gasteiger partial charge in [-0.15, -0.1) is 0 Å². The topological polar surface area (TPSA) is 12.0 Å². The van der Waals surface area contributed by atoms with Crippen LogP contribution in [0, 0.1) is 5.92 Å². The van der Waals surface area contributed by atoms with E-state index in [1.807, 2.05) is 0 Å². The summed E-state index contributed by atoms with van der Waals surface area (Å²) < 4.78 is 0. The maximum absolute atomic E-state index is 4.00. The van der Waals surface area contributed by atoms with Crippen molar-refractivity contribution in [2.75, 3.05) is 0 Å². The molecule has 0 radical (unpaired) electrons. The predicted octanol–water partition coefficient (Wildman–Crippen LogP) is 5.44. The molecule has 2 unspecified atom stereocenters. The van der Waals surface area contributed by atoms with Gasteiger partial charge in [-0.25, -0.2) is 0 Å². The summed E-state index contributed by atoms with van der Waals surface area (Å²) in [5, 5.41) is 4.00. The van der Waals surface area contributed by atoms with E-state index >= 15 is 0 Å². The van der Waals surface area contributed by atoms with Crippen LogP contribution in [0.5, 0.6) is 0 Å². The molecular formula is C18H35N. The van der Waals surface area contributed by atoms with Crippen LogP contribution in [-0.2, 0) is 0 Å². The molecule has 2 atom stereocenters. The lowest BCUT2D eigenvalue weighted by Gasteiger charge is -2.24. The molecule has 0 bridgehead atoms. The third-order valence-electron chi connectivity index (χ3n) is 5.27. The van der Waals surface area contributed by atoms with Gasteiger partial charge in [-0.3, -0.25) is 0 Å². The van der Waals surface area contributed by atoms with Crippen LogP contribution in [0.25, 0.3) is 0 Å². The molecule has 112 valence electrons. The van der Waals surface area contributed by atoms with E-state index < -0.39 is 0 Å². The minimum Gasteiger partial charge on any atom is -0.311 e. The first-order valence-electron chi connectivity index (χ1n) is 9.10. The third-order valence-corrected chi connectivity index (χ3v) is 5.27. The average Bonchev–Trinajstić information content (AvgIpc) is 2.78. The van der Waals surface area contributed by atoms with Crippen molar-refractivity contribution in [2.45, 2.75) is 109 Å². The second kappa shape index (κ2) is 9.00. The molecule has 2 aliphatic carbocycles. The monoisotopic (exact) mass is 265 g/mol. The first-order valence-corrected chi connectivity index (χ1v) is 9.10. The molecule has 0 aromatic carbocycles. The van der Waals surface area contributed by atoms with Crippen molar-refractivity contribution in [1.29, 1.82) is 0 Å². The molecule has 2 aliphatic rings. The highest BCUT2D eigenvalue weighted by Gasteiger charge is 2.23. The highest BCUT2D eigenvalue weighted by Crippen LogP contribution is 2.26. The van der Waals surface area contributed by atoms with E-state index in [1.54, 1.807) is 0 Å². The van der Waals surface area contributed by atoms with Gasteiger partial charge in [0, 0.05) is 12.1 Å². The molecule has 0 spiro atoms. The van der Waals surface area contributed by atoms with E-state index in [9.17, 15) is 0 Å². The van der Waals surface area contributed by atoms with E-state index in [2.05, 4.69) is 12.2 Å². The van der Waals surface area contributed by atoms with Crippen molar-refractivity contribution in [3.63, 3.8) is 0 Å². The van der Waals surface area contributed by atoms with E-state index in [4.69, 9.17) is 0 Å². The van der Waals surface area contributed by atoms with Gasteiger partial charge in [0.25, 0.3) is 0 Å². The molecule has 2 fully saturated rings. The Labute approximate surface area is 120 Å². The fourth-order valence-corrected chi connectivity index (χ4v) is 4.02. The van der Waals surface area contributed by atoms with Gasteiger partial charge < -0.3 is 5.32 Å². The van der Waals surface area contributed by atoms with Crippen LogP contribution < -0.4 is 5.32 Å². The van der Waals surface area contributed by atoms with Gasteiger partial charge in [-0.05, 0) is 38.0 Å². The van der Waals surface area contributed by atoms with Gasteiger partial charge in [0.1, 0.15) is 0 Å². The minimum absolute atomic E-state index is 0.828. The fourth-order valence-electron chi connectivity index (χ4n) is 4.02. The van der Waals surface area contributed by atoms with Crippen LogP contribution in [0.15, 0.2) is 0 Å². The van der Waals surface area contributed by atoms with Crippen molar-refractivity contribution in [1.82, 2.24) is 5.32 Å². The SMILES string of the molecule is CC1CCC(NC2CCCCCCCCCCC2)C1. The molecule has 0 aromatic heterocycles. The first-order chi connectivity index (χ1) is 9.34. The Balaban J connectivity index is 1.71. The minimum atomic E-state index is 0.828. The third kappa shape index (κ3) is 6.29. The summed E-state index contributed by atoms with van der Waals surface area (Å²) >= 11 is 0. The van der Waals surface area contributed by atoms with Crippen LogP contribution in [0.2, 0.25) is 0 Å². The van der Waals surface area contributed by atoms with Crippen LogP contribution in [-0.4, -0.2) is 12.1 Å². The fraction of sp³-hybridized carbons (Fsp3) is 1.00. The number of hydrogen-bond acceptors (Lipinski definition) is 1. The molecule has 2 rings (SSSR count). The normalized spacial score (nSPS) is 32.7. The van der Waals surface area contributed by atoms with Crippen molar-refractivity contribution in [3.8, 4) is 0 Å². The summed E-state index contributed by atoms with van der Waals surface area (Å²) in [6.07, 6.45) is 20.4. The van der Waals surface area contributed by atoms with Gasteiger partial charge in [-0.1, -0.05) is 64.7 Å². The van der Waals surface area contributed by atoms with Gasteiger partial charge in [0.15, 0.2) is 0 Å². The Morgan fingerprint density at radius 1 is 0.579 bits per heavy atom. The van der Waals surface area contributed by atoms with Crippen LogP contribution in [0.4, 0.5) is 0 Å². The Hall–Kier alpha value is -0.0400. The molecule has 19 heavy (non-hydrogen) atoms. The molecule has 0 heterocycles. The molecule has 0 aromatic rings. The van der Waals surface area contributed by atoms with Crippen LogP contribution in [0.1, 0.15) is 96.8 Å². The molecule has 0 amide bonds. The highest BCUT2D eigenvalue weighted by atomic mass is 15.0. The summed E-state index contributed by atoms with van der Waals surface area (Å²) in [6, 6.07) is 1.67. The van der Waals surface area contributed by atoms with Gasteiger partial charge in [0.2, 0.25) is 0 Å². The lowest BCUT2D eigenvalue weighted by Crippen LogP contribution is -2.37. The number of nitrogens with one attached hydrogen (secondary N) is 1. The zero-order valence-corrected chi connectivity index (χ0v) is 13.1. The lowest BCUT2D eigenvalue weighted by atomic mass is 9.97. The summed E-state index contributed by atoms with van der Waals surface area (Å²) in [6.45, 7) is 2.42. The first kappa shape index (κ1) is 15.4. The molecule has 2 saturated carbocycles. The maximum atomic E-state index is 4.00.